The zero-order valence-electron chi connectivity index (χ0n) is 10.2. The second-order valence-electron chi connectivity index (χ2n) is 3.95. The van der Waals surface area contributed by atoms with Gasteiger partial charge in [-0.15, -0.1) is 0 Å². The Morgan fingerprint density at radius 1 is 1.44 bits per heavy atom. The molecule has 0 saturated carbocycles. The van der Waals surface area contributed by atoms with Crippen molar-refractivity contribution < 1.29 is 0 Å². The zero-order chi connectivity index (χ0) is 12.0. The van der Waals surface area contributed by atoms with E-state index in [9.17, 15) is 0 Å². The van der Waals surface area contributed by atoms with Crippen LogP contribution in [-0.2, 0) is 0 Å². The van der Waals surface area contributed by atoms with Crippen LogP contribution in [0, 0.1) is 0 Å². The lowest BCUT2D eigenvalue weighted by Gasteiger charge is -2.14. The third kappa shape index (κ3) is 3.56. The van der Waals surface area contributed by atoms with Crippen LogP contribution in [0.15, 0.2) is 6.33 Å². The van der Waals surface area contributed by atoms with Gasteiger partial charge in [0.15, 0.2) is 0 Å². The van der Waals surface area contributed by atoms with Crippen molar-refractivity contribution in [3.05, 3.63) is 11.9 Å². The molecule has 0 fully saturated rings. The van der Waals surface area contributed by atoms with Crippen LogP contribution >= 0.6 is 11.8 Å². The predicted octanol–water partition coefficient (Wildman–Crippen LogP) is 2.35. The topological polar surface area (TPSA) is 63.8 Å². The SMILES string of the molecule is CSCCCNc1ncnc(N)c1C(C)C. The van der Waals surface area contributed by atoms with Gasteiger partial charge in [-0.05, 0) is 24.3 Å². The minimum Gasteiger partial charge on any atom is -0.383 e. The van der Waals surface area contributed by atoms with Crippen molar-refractivity contribution in [2.75, 3.05) is 29.6 Å². The van der Waals surface area contributed by atoms with E-state index in [2.05, 4.69) is 35.4 Å². The third-order valence-corrected chi connectivity index (χ3v) is 3.01. The Morgan fingerprint density at radius 3 is 2.81 bits per heavy atom. The molecule has 0 atom stereocenters. The maximum absolute atomic E-state index is 5.86. The van der Waals surface area contributed by atoms with E-state index >= 15 is 0 Å². The molecule has 0 aliphatic carbocycles. The van der Waals surface area contributed by atoms with Crippen molar-refractivity contribution in [3.63, 3.8) is 0 Å². The summed E-state index contributed by atoms with van der Waals surface area (Å²) in [6.07, 6.45) is 4.75. The van der Waals surface area contributed by atoms with Gasteiger partial charge in [0.1, 0.15) is 18.0 Å². The highest BCUT2D eigenvalue weighted by Crippen LogP contribution is 2.25. The fraction of sp³-hybridized carbons (Fsp3) is 0.636. The van der Waals surface area contributed by atoms with Crippen molar-refractivity contribution in [1.82, 2.24) is 9.97 Å². The molecule has 0 bridgehead atoms. The molecule has 0 radical (unpaired) electrons. The number of rotatable bonds is 6. The molecule has 1 rings (SSSR count). The maximum Gasteiger partial charge on any atom is 0.134 e. The van der Waals surface area contributed by atoms with Crippen LogP contribution in [0.5, 0.6) is 0 Å². The summed E-state index contributed by atoms with van der Waals surface area (Å²) in [5, 5.41) is 3.33. The Morgan fingerprint density at radius 2 is 2.19 bits per heavy atom. The van der Waals surface area contributed by atoms with Crippen molar-refractivity contribution >= 4 is 23.4 Å². The number of hydrogen-bond acceptors (Lipinski definition) is 5. The minimum atomic E-state index is 0.337. The molecule has 0 aliphatic rings. The van der Waals surface area contributed by atoms with E-state index in [1.54, 1.807) is 0 Å². The first-order valence-corrected chi connectivity index (χ1v) is 6.89. The Bertz CT molecular complexity index is 328. The first-order chi connectivity index (χ1) is 7.66. The van der Waals surface area contributed by atoms with E-state index in [4.69, 9.17) is 5.73 Å². The van der Waals surface area contributed by atoms with Gasteiger partial charge in [-0.3, -0.25) is 0 Å². The van der Waals surface area contributed by atoms with Gasteiger partial charge >= 0.3 is 0 Å². The molecule has 0 amide bonds. The van der Waals surface area contributed by atoms with Crippen LogP contribution in [0.25, 0.3) is 0 Å². The van der Waals surface area contributed by atoms with Gasteiger partial charge in [0.05, 0.1) is 0 Å². The van der Waals surface area contributed by atoms with Crippen molar-refractivity contribution in [3.8, 4) is 0 Å². The summed E-state index contributed by atoms with van der Waals surface area (Å²) in [5.41, 5.74) is 6.88. The fourth-order valence-electron chi connectivity index (χ4n) is 1.54. The normalized spacial score (nSPS) is 10.8. The Labute approximate surface area is 101 Å². The molecule has 90 valence electrons. The summed E-state index contributed by atoms with van der Waals surface area (Å²) in [5.74, 6) is 2.95. The zero-order valence-corrected chi connectivity index (χ0v) is 11.0. The van der Waals surface area contributed by atoms with Crippen molar-refractivity contribution in [1.29, 1.82) is 0 Å². The summed E-state index contributed by atoms with van der Waals surface area (Å²) in [6.45, 7) is 5.13. The lowest BCUT2D eigenvalue weighted by molar-refractivity contribution is 0.846. The van der Waals surface area contributed by atoms with Gasteiger partial charge in [0.2, 0.25) is 0 Å². The average Bonchev–Trinajstić information content (AvgIpc) is 2.24. The van der Waals surface area contributed by atoms with Crippen LogP contribution in [-0.4, -0.2) is 28.5 Å². The second-order valence-corrected chi connectivity index (χ2v) is 4.93. The first-order valence-electron chi connectivity index (χ1n) is 5.50. The molecule has 0 aliphatic heterocycles. The van der Waals surface area contributed by atoms with Crippen LogP contribution < -0.4 is 11.1 Å². The second kappa shape index (κ2) is 6.58. The maximum atomic E-state index is 5.86. The molecule has 0 saturated heterocycles. The summed E-state index contributed by atoms with van der Waals surface area (Å²) < 4.78 is 0. The molecule has 3 N–H and O–H groups in total. The number of nitrogen functional groups attached to an aromatic ring is 1. The molecule has 5 heteroatoms. The predicted molar refractivity (Wildman–Crippen MR) is 72.0 cm³/mol. The highest BCUT2D eigenvalue weighted by molar-refractivity contribution is 7.98. The number of anilines is 2. The van der Waals surface area contributed by atoms with E-state index in [1.807, 2.05) is 11.8 Å². The van der Waals surface area contributed by atoms with E-state index in [0.717, 1.165) is 30.1 Å². The van der Waals surface area contributed by atoms with Crippen LogP contribution in [0.1, 0.15) is 31.7 Å². The Kier molecular flexibility index (Phi) is 5.38. The molecule has 0 spiro atoms. The summed E-state index contributed by atoms with van der Waals surface area (Å²) in [4.78, 5) is 8.28. The third-order valence-electron chi connectivity index (χ3n) is 2.31. The van der Waals surface area contributed by atoms with E-state index in [1.165, 1.54) is 6.33 Å². The van der Waals surface area contributed by atoms with Gasteiger partial charge in [-0.2, -0.15) is 11.8 Å². The standard InChI is InChI=1S/C11H20N4S/c1-8(2)9-10(12)14-7-15-11(9)13-5-4-6-16-3/h7-8H,4-6H2,1-3H3,(H3,12,13,14,15). The van der Waals surface area contributed by atoms with Gasteiger partial charge in [-0.1, -0.05) is 13.8 Å². The number of nitrogens with zero attached hydrogens (tertiary/aromatic N) is 2. The first kappa shape index (κ1) is 13.1. The van der Waals surface area contributed by atoms with Crippen LogP contribution in [0.4, 0.5) is 11.6 Å². The van der Waals surface area contributed by atoms with Crippen molar-refractivity contribution in [2.24, 2.45) is 0 Å². The number of nitrogens with two attached hydrogens (primary N) is 1. The molecule has 1 aromatic rings. The smallest absolute Gasteiger partial charge is 0.134 e. The quantitative estimate of drug-likeness (QED) is 0.747. The molecular weight excluding hydrogens is 220 g/mol. The van der Waals surface area contributed by atoms with E-state index < -0.39 is 0 Å². The van der Waals surface area contributed by atoms with Crippen molar-refractivity contribution in [2.45, 2.75) is 26.2 Å². The van der Waals surface area contributed by atoms with E-state index in [0.29, 0.717) is 11.7 Å². The van der Waals surface area contributed by atoms with Crippen LogP contribution in [0.2, 0.25) is 0 Å². The average molecular weight is 240 g/mol. The summed E-state index contributed by atoms with van der Waals surface area (Å²) in [6, 6.07) is 0. The largest absolute Gasteiger partial charge is 0.383 e. The number of hydrogen-bond donors (Lipinski definition) is 2. The van der Waals surface area contributed by atoms with Gasteiger partial charge in [0, 0.05) is 12.1 Å². The number of aromatic nitrogens is 2. The monoisotopic (exact) mass is 240 g/mol. The molecule has 4 nitrogen and oxygen atoms in total. The summed E-state index contributed by atoms with van der Waals surface area (Å²) in [7, 11) is 0. The Hall–Kier alpha value is -0.970. The van der Waals surface area contributed by atoms with Crippen LogP contribution in [0.3, 0.4) is 0 Å². The highest BCUT2D eigenvalue weighted by Gasteiger charge is 2.11. The Balaban J connectivity index is 2.67. The molecular formula is C11H20N4S. The minimum absolute atomic E-state index is 0.337. The molecule has 0 aromatic carbocycles. The fourth-order valence-corrected chi connectivity index (χ4v) is 1.98. The molecule has 1 heterocycles. The molecule has 16 heavy (non-hydrogen) atoms. The number of nitrogens with one attached hydrogen (secondary N) is 1. The van der Waals surface area contributed by atoms with Gasteiger partial charge < -0.3 is 11.1 Å². The summed E-state index contributed by atoms with van der Waals surface area (Å²) >= 11 is 1.85. The van der Waals surface area contributed by atoms with Gasteiger partial charge in [-0.25, -0.2) is 9.97 Å². The highest BCUT2D eigenvalue weighted by atomic mass is 32.2. The number of thioether (sulfide) groups is 1. The lowest BCUT2D eigenvalue weighted by Crippen LogP contribution is -2.10. The lowest BCUT2D eigenvalue weighted by atomic mass is 10.0. The molecule has 1 aromatic heterocycles. The van der Waals surface area contributed by atoms with E-state index in [-0.39, 0.29) is 0 Å². The van der Waals surface area contributed by atoms with Gasteiger partial charge in [0.25, 0.3) is 0 Å². The molecule has 0 unspecified atom stereocenters.